The SMILES string of the molecule is CCC(NCCc1ccc(Br)s1)c1ccccc1O. The van der Waals surface area contributed by atoms with Crippen molar-refractivity contribution in [1.29, 1.82) is 0 Å². The van der Waals surface area contributed by atoms with Gasteiger partial charge in [-0.25, -0.2) is 0 Å². The molecule has 0 amide bonds. The summed E-state index contributed by atoms with van der Waals surface area (Å²) in [5.74, 6) is 0.376. The topological polar surface area (TPSA) is 32.3 Å². The van der Waals surface area contributed by atoms with Gasteiger partial charge in [-0.2, -0.15) is 0 Å². The summed E-state index contributed by atoms with van der Waals surface area (Å²) < 4.78 is 1.18. The van der Waals surface area contributed by atoms with Crippen LogP contribution in [-0.4, -0.2) is 11.7 Å². The average Bonchev–Trinajstić information content (AvgIpc) is 2.82. The fourth-order valence-corrected chi connectivity index (χ4v) is 3.59. The first-order valence-corrected chi connectivity index (χ1v) is 8.07. The zero-order valence-corrected chi connectivity index (χ0v) is 13.3. The minimum absolute atomic E-state index is 0.213. The number of rotatable bonds is 6. The number of hydrogen-bond donors (Lipinski definition) is 2. The van der Waals surface area contributed by atoms with Gasteiger partial charge in [0.2, 0.25) is 0 Å². The van der Waals surface area contributed by atoms with Crippen LogP contribution < -0.4 is 5.32 Å². The van der Waals surface area contributed by atoms with Gasteiger partial charge in [0.25, 0.3) is 0 Å². The number of halogens is 1. The van der Waals surface area contributed by atoms with Gasteiger partial charge in [0.15, 0.2) is 0 Å². The van der Waals surface area contributed by atoms with Gasteiger partial charge in [0, 0.05) is 23.0 Å². The molecule has 0 spiro atoms. The second-order valence-corrected chi connectivity index (χ2v) is 6.98. The van der Waals surface area contributed by atoms with Crippen molar-refractivity contribution >= 4 is 27.3 Å². The van der Waals surface area contributed by atoms with Gasteiger partial charge in [-0.3, -0.25) is 0 Å². The molecule has 0 aliphatic rings. The van der Waals surface area contributed by atoms with Crippen LogP contribution in [-0.2, 0) is 6.42 Å². The predicted molar refractivity (Wildman–Crippen MR) is 84.9 cm³/mol. The first-order chi connectivity index (χ1) is 9.20. The number of nitrogens with one attached hydrogen (secondary N) is 1. The molecule has 1 aromatic carbocycles. The molecule has 102 valence electrons. The summed E-state index contributed by atoms with van der Waals surface area (Å²) in [4.78, 5) is 1.37. The molecule has 2 nitrogen and oxygen atoms in total. The fourth-order valence-electron chi connectivity index (χ4n) is 2.11. The summed E-state index contributed by atoms with van der Waals surface area (Å²) in [5.41, 5.74) is 0.984. The molecule has 0 radical (unpaired) electrons. The summed E-state index contributed by atoms with van der Waals surface area (Å²) in [5, 5.41) is 13.4. The molecule has 1 atom stereocenters. The maximum Gasteiger partial charge on any atom is 0.120 e. The van der Waals surface area contributed by atoms with Crippen LogP contribution in [0.25, 0.3) is 0 Å². The lowest BCUT2D eigenvalue weighted by molar-refractivity contribution is 0.442. The van der Waals surface area contributed by atoms with Gasteiger partial charge in [0.1, 0.15) is 5.75 Å². The minimum Gasteiger partial charge on any atom is -0.508 e. The summed E-state index contributed by atoms with van der Waals surface area (Å²) in [7, 11) is 0. The Morgan fingerprint density at radius 3 is 2.68 bits per heavy atom. The van der Waals surface area contributed by atoms with Crippen molar-refractivity contribution in [3.05, 3.63) is 50.6 Å². The first-order valence-electron chi connectivity index (χ1n) is 6.46. The summed E-state index contributed by atoms with van der Waals surface area (Å²) in [6, 6.07) is 12.0. The van der Waals surface area contributed by atoms with Crippen molar-refractivity contribution in [2.45, 2.75) is 25.8 Å². The highest BCUT2D eigenvalue weighted by molar-refractivity contribution is 9.11. The van der Waals surface area contributed by atoms with Crippen molar-refractivity contribution < 1.29 is 5.11 Å². The maximum atomic E-state index is 9.89. The number of phenolic OH excluding ortho intramolecular Hbond substituents is 1. The quantitative estimate of drug-likeness (QED) is 0.811. The lowest BCUT2D eigenvalue weighted by atomic mass is 10.0. The molecule has 2 rings (SSSR count). The Morgan fingerprint density at radius 1 is 1.26 bits per heavy atom. The van der Waals surface area contributed by atoms with E-state index in [2.05, 4.69) is 40.3 Å². The molecule has 19 heavy (non-hydrogen) atoms. The predicted octanol–water partition coefficient (Wildman–Crippen LogP) is 4.50. The molecule has 0 saturated carbocycles. The fraction of sp³-hybridized carbons (Fsp3) is 0.333. The number of para-hydroxylation sites is 1. The lowest BCUT2D eigenvalue weighted by Crippen LogP contribution is -2.23. The zero-order valence-electron chi connectivity index (χ0n) is 10.9. The molecule has 0 saturated heterocycles. The molecular weight excluding hydrogens is 322 g/mol. The standard InChI is InChI=1S/C15H18BrNOS/c1-2-13(12-5-3-4-6-14(12)18)17-10-9-11-7-8-15(16)19-11/h3-8,13,17-18H,2,9-10H2,1H3. The van der Waals surface area contributed by atoms with E-state index in [0.717, 1.165) is 24.9 Å². The monoisotopic (exact) mass is 339 g/mol. The van der Waals surface area contributed by atoms with Crippen molar-refractivity contribution in [3.63, 3.8) is 0 Å². The Kier molecular flexibility index (Phi) is 5.43. The molecule has 1 heterocycles. The molecule has 0 aliphatic carbocycles. The maximum absolute atomic E-state index is 9.89. The molecule has 2 N–H and O–H groups in total. The van der Waals surface area contributed by atoms with Crippen molar-refractivity contribution in [3.8, 4) is 5.75 Å². The van der Waals surface area contributed by atoms with Crippen molar-refractivity contribution in [2.75, 3.05) is 6.54 Å². The van der Waals surface area contributed by atoms with E-state index < -0.39 is 0 Å². The molecule has 4 heteroatoms. The van der Waals surface area contributed by atoms with E-state index in [4.69, 9.17) is 0 Å². The van der Waals surface area contributed by atoms with Crippen LogP contribution in [0.5, 0.6) is 5.75 Å². The van der Waals surface area contributed by atoms with Crippen LogP contribution in [0.4, 0.5) is 0 Å². The Morgan fingerprint density at radius 2 is 2.05 bits per heavy atom. The Bertz CT molecular complexity index is 526. The van der Waals surface area contributed by atoms with Gasteiger partial charge in [-0.1, -0.05) is 25.1 Å². The number of thiophene rings is 1. The van der Waals surface area contributed by atoms with Gasteiger partial charge < -0.3 is 10.4 Å². The van der Waals surface area contributed by atoms with Gasteiger partial charge in [-0.05, 0) is 47.0 Å². The minimum atomic E-state index is 0.213. The van der Waals surface area contributed by atoms with E-state index in [1.165, 1.54) is 8.66 Å². The molecule has 0 fully saturated rings. The van der Waals surface area contributed by atoms with Gasteiger partial charge in [0.05, 0.1) is 3.79 Å². The van der Waals surface area contributed by atoms with Crippen LogP contribution in [0.3, 0.4) is 0 Å². The number of aromatic hydroxyl groups is 1. The number of phenols is 1. The van der Waals surface area contributed by atoms with Crippen molar-refractivity contribution in [1.82, 2.24) is 5.32 Å². The van der Waals surface area contributed by atoms with Crippen LogP contribution in [0.1, 0.15) is 29.8 Å². The second kappa shape index (κ2) is 7.08. The van der Waals surface area contributed by atoms with Gasteiger partial charge >= 0.3 is 0 Å². The Labute approximate surface area is 126 Å². The van der Waals surface area contributed by atoms with E-state index in [-0.39, 0.29) is 6.04 Å². The van der Waals surface area contributed by atoms with E-state index in [1.807, 2.05) is 18.2 Å². The van der Waals surface area contributed by atoms with Crippen LogP contribution in [0.2, 0.25) is 0 Å². The smallest absolute Gasteiger partial charge is 0.120 e. The third-order valence-electron chi connectivity index (χ3n) is 3.11. The van der Waals surface area contributed by atoms with E-state index in [1.54, 1.807) is 17.4 Å². The zero-order chi connectivity index (χ0) is 13.7. The normalized spacial score (nSPS) is 12.5. The number of hydrogen-bond acceptors (Lipinski definition) is 3. The highest BCUT2D eigenvalue weighted by atomic mass is 79.9. The van der Waals surface area contributed by atoms with Crippen molar-refractivity contribution in [2.24, 2.45) is 0 Å². The first kappa shape index (κ1) is 14.6. The molecule has 2 aromatic rings. The molecule has 0 bridgehead atoms. The summed E-state index contributed by atoms with van der Waals surface area (Å²) >= 11 is 5.25. The number of benzene rings is 1. The molecular formula is C15H18BrNOS. The Balaban J connectivity index is 1.91. The third-order valence-corrected chi connectivity index (χ3v) is 4.79. The van der Waals surface area contributed by atoms with Crippen LogP contribution in [0, 0.1) is 0 Å². The largest absolute Gasteiger partial charge is 0.508 e. The highest BCUT2D eigenvalue weighted by Gasteiger charge is 2.12. The van der Waals surface area contributed by atoms with Gasteiger partial charge in [-0.15, -0.1) is 11.3 Å². The lowest BCUT2D eigenvalue weighted by Gasteiger charge is -2.18. The second-order valence-electron chi connectivity index (χ2n) is 4.43. The molecule has 1 aromatic heterocycles. The van der Waals surface area contributed by atoms with E-state index >= 15 is 0 Å². The molecule has 1 unspecified atom stereocenters. The van der Waals surface area contributed by atoms with E-state index in [0.29, 0.717) is 5.75 Å². The highest BCUT2D eigenvalue weighted by Crippen LogP contribution is 2.26. The van der Waals surface area contributed by atoms with E-state index in [9.17, 15) is 5.11 Å². The Hall–Kier alpha value is -0.840. The average molecular weight is 340 g/mol. The third kappa shape index (κ3) is 4.06. The summed E-state index contributed by atoms with van der Waals surface area (Å²) in [6.45, 7) is 3.05. The molecule has 0 aliphatic heterocycles. The van der Waals surface area contributed by atoms with Crippen LogP contribution in [0.15, 0.2) is 40.2 Å². The van der Waals surface area contributed by atoms with Crippen LogP contribution >= 0.6 is 27.3 Å². The summed E-state index contributed by atoms with van der Waals surface area (Å²) in [6.07, 6.45) is 1.98.